The number of aliphatic hydroxyl groups is 3. The molecule has 0 aliphatic heterocycles. The van der Waals surface area contributed by atoms with E-state index in [1.54, 1.807) is 0 Å². The highest BCUT2D eigenvalue weighted by atomic mass is 16.5. The Hall–Kier alpha value is -3.34. The number of rotatable bonds is 7. The Balaban J connectivity index is 2.55. The zero-order valence-electron chi connectivity index (χ0n) is 17.0. The lowest BCUT2D eigenvalue weighted by Gasteiger charge is -2.23. The number of phenols is 1. The minimum Gasteiger partial charge on any atom is -0.504 e. The monoisotopic (exact) mass is 434 g/mol. The lowest BCUT2D eigenvalue weighted by Crippen LogP contribution is -2.26. The molecule has 3 aromatic rings. The molecule has 0 radical (unpaired) electrons. The average molecular weight is 434 g/mol. The summed E-state index contributed by atoms with van der Waals surface area (Å²) in [4.78, 5) is 25.6. The van der Waals surface area contributed by atoms with E-state index in [4.69, 9.17) is 18.6 Å². The maximum Gasteiger partial charge on any atom is 0.338 e. The predicted molar refractivity (Wildman–Crippen MR) is 109 cm³/mol. The van der Waals surface area contributed by atoms with Gasteiger partial charge in [-0.1, -0.05) is 0 Å². The first-order valence-corrected chi connectivity index (χ1v) is 9.19. The van der Waals surface area contributed by atoms with Crippen LogP contribution < -0.4 is 14.9 Å². The number of hydrogen-bond donors (Lipinski definition) is 4. The Morgan fingerprint density at radius 1 is 1.06 bits per heavy atom. The molecule has 1 heterocycles. The van der Waals surface area contributed by atoms with E-state index in [0.29, 0.717) is 0 Å². The Labute approximate surface area is 175 Å². The molecule has 166 valence electrons. The first kappa shape index (κ1) is 22.3. The minimum absolute atomic E-state index is 0.00998. The Morgan fingerprint density at radius 3 is 2.32 bits per heavy atom. The summed E-state index contributed by atoms with van der Waals surface area (Å²) in [5, 5.41) is 39.3. The number of ether oxygens (including phenoxy) is 3. The smallest absolute Gasteiger partial charge is 0.338 e. The second kappa shape index (κ2) is 8.80. The molecule has 1 aromatic heterocycles. The molecule has 3 rings (SSSR count). The van der Waals surface area contributed by atoms with Crippen molar-refractivity contribution < 1.29 is 43.8 Å². The SMILES string of the molecule is COC(=O)c1ccc(O)c2oc3c(OC)c(C(CO)C(O)CO)cc(OC)c3c(=O)c12. The first-order chi connectivity index (χ1) is 14.8. The zero-order valence-corrected chi connectivity index (χ0v) is 17.0. The van der Waals surface area contributed by atoms with Crippen molar-refractivity contribution in [3.05, 3.63) is 39.5 Å². The van der Waals surface area contributed by atoms with Crippen LogP contribution in [0.15, 0.2) is 27.4 Å². The Kier molecular flexibility index (Phi) is 6.34. The third-order valence-corrected chi connectivity index (χ3v) is 5.10. The third-order valence-electron chi connectivity index (χ3n) is 5.10. The van der Waals surface area contributed by atoms with Crippen molar-refractivity contribution in [3.63, 3.8) is 0 Å². The van der Waals surface area contributed by atoms with Gasteiger partial charge in [-0.15, -0.1) is 0 Å². The summed E-state index contributed by atoms with van der Waals surface area (Å²) in [5.41, 5.74) is -0.990. The van der Waals surface area contributed by atoms with E-state index in [0.717, 1.165) is 7.11 Å². The number of carbonyl (C=O) groups is 1. The number of aromatic hydroxyl groups is 1. The Morgan fingerprint density at radius 2 is 1.77 bits per heavy atom. The lowest BCUT2D eigenvalue weighted by molar-refractivity contribution is 0.0518. The van der Waals surface area contributed by atoms with E-state index in [1.165, 1.54) is 32.4 Å². The molecule has 0 spiro atoms. The van der Waals surface area contributed by atoms with Crippen LogP contribution in [0.3, 0.4) is 0 Å². The number of hydrogen-bond acceptors (Lipinski definition) is 10. The topological polar surface area (TPSA) is 156 Å². The van der Waals surface area contributed by atoms with Gasteiger partial charge in [0.1, 0.15) is 11.1 Å². The number of aliphatic hydroxyl groups excluding tert-OH is 3. The molecule has 0 aliphatic rings. The molecule has 0 saturated heterocycles. The molecule has 0 aliphatic carbocycles. The van der Waals surface area contributed by atoms with Crippen molar-refractivity contribution in [3.8, 4) is 17.2 Å². The molecule has 0 saturated carbocycles. The van der Waals surface area contributed by atoms with E-state index < -0.39 is 42.4 Å². The van der Waals surface area contributed by atoms with Gasteiger partial charge in [0.05, 0.1) is 51.6 Å². The van der Waals surface area contributed by atoms with Crippen LogP contribution in [-0.2, 0) is 4.74 Å². The number of esters is 1. The fourth-order valence-corrected chi connectivity index (χ4v) is 3.56. The molecule has 0 bridgehead atoms. The number of carbonyl (C=O) groups excluding carboxylic acids is 1. The molecular formula is C21H22O10. The normalized spacial score (nSPS) is 13.2. The Bertz CT molecular complexity index is 1200. The van der Waals surface area contributed by atoms with E-state index in [9.17, 15) is 30.0 Å². The summed E-state index contributed by atoms with van der Waals surface area (Å²) in [6, 6.07) is 3.80. The van der Waals surface area contributed by atoms with E-state index >= 15 is 0 Å². The van der Waals surface area contributed by atoms with Crippen LogP contribution in [0.1, 0.15) is 21.8 Å². The molecule has 4 N–H and O–H groups in total. The fraction of sp³-hybridized carbons (Fsp3) is 0.333. The van der Waals surface area contributed by atoms with Crippen LogP contribution in [0.5, 0.6) is 17.2 Å². The maximum atomic E-state index is 13.4. The summed E-state index contributed by atoms with van der Waals surface area (Å²) in [7, 11) is 3.75. The highest BCUT2D eigenvalue weighted by Gasteiger charge is 2.30. The maximum absolute atomic E-state index is 13.4. The van der Waals surface area contributed by atoms with Crippen LogP contribution in [0, 0.1) is 0 Å². The molecule has 10 nitrogen and oxygen atoms in total. The quantitative estimate of drug-likeness (QED) is 0.311. The second-order valence-electron chi connectivity index (χ2n) is 6.70. The van der Waals surface area contributed by atoms with Crippen molar-refractivity contribution >= 4 is 27.9 Å². The van der Waals surface area contributed by atoms with Gasteiger partial charge in [-0.25, -0.2) is 4.79 Å². The second-order valence-corrected chi connectivity index (χ2v) is 6.70. The summed E-state index contributed by atoms with van der Waals surface area (Å²) in [6.07, 6.45) is -1.34. The summed E-state index contributed by atoms with van der Waals surface area (Å²) in [5.74, 6) is -2.18. The first-order valence-electron chi connectivity index (χ1n) is 9.19. The predicted octanol–water partition coefficient (Wildman–Crippen LogP) is 0.885. The molecule has 2 unspecified atom stereocenters. The van der Waals surface area contributed by atoms with Gasteiger partial charge < -0.3 is 39.1 Å². The van der Waals surface area contributed by atoms with Gasteiger partial charge in [0.25, 0.3) is 0 Å². The number of benzene rings is 2. The van der Waals surface area contributed by atoms with Gasteiger partial charge in [-0.3, -0.25) is 4.79 Å². The summed E-state index contributed by atoms with van der Waals surface area (Å²) >= 11 is 0. The number of fused-ring (bicyclic) bond motifs is 2. The van der Waals surface area contributed by atoms with Gasteiger partial charge >= 0.3 is 5.97 Å². The fourth-order valence-electron chi connectivity index (χ4n) is 3.56. The van der Waals surface area contributed by atoms with Gasteiger partial charge in [0, 0.05) is 11.5 Å². The molecular weight excluding hydrogens is 412 g/mol. The largest absolute Gasteiger partial charge is 0.504 e. The van der Waals surface area contributed by atoms with Gasteiger partial charge in [-0.05, 0) is 18.2 Å². The van der Waals surface area contributed by atoms with Crippen LogP contribution in [-0.4, -0.2) is 67.0 Å². The van der Waals surface area contributed by atoms with Crippen LogP contribution in [0.2, 0.25) is 0 Å². The van der Waals surface area contributed by atoms with E-state index in [1.807, 2.05) is 0 Å². The van der Waals surface area contributed by atoms with Crippen molar-refractivity contribution in [2.45, 2.75) is 12.0 Å². The third kappa shape index (κ3) is 3.54. The molecule has 0 amide bonds. The van der Waals surface area contributed by atoms with Crippen LogP contribution in [0.4, 0.5) is 0 Å². The van der Waals surface area contributed by atoms with Crippen molar-refractivity contribution in [1.29, 1.82) is 0 Å². The zero-order chi connectivity index (χ0) is 22.9. The lowest BCUT2D eigenvalue weighted by atomic mass is 9.91. The highest BCUT2D eigenvalue weighted by Crippen LogP contribution is 2.42. The molecule has 31 heavy (non-hydrogen) atoms. The average Bonchev–Trinajstić information content (AvgIpc) is 2.78. The highest BCUT2D eigenvalue weighted by molar-refractivity contribution is 6.08. The van der Waals surface area contributed by atoms with E-state index in [-0.39, 0.29) is 44.6 Å². The summed E-state index contributed by atoms with van der Waals surface area (Å²) < 4.78 is 21.3. The number of methoxy groups -OCH3 is 3. The molecule has 0 fully saturated rings. The molecule has 2 aromatic carbocycles. The van der Waals surface area contributed by atoms with Crippen LogP contribution >= 0.6 is 0 Å². The minimum atomic E-state index is -1.34. The number of phenolic OH excluding ortho intramolecular Hbond substituents is 1. The van der Waals surface area contributed by atoms with Crippen molar-refractivity contribution in [2.24, 2.45) is 0 Å². The molecule has 2 atom stereocenters. The standard InChI is InChI=1S/C21H22O10/c1-28-14-6-10(11(7-22)13(25)8-23)18(29-2)20-16(14)17(26)15-9(21(27)30-3)4-5-12(24)19(15)31-20/h4-6,11,13,22-25H,7-8H2,1-3H3. The molecule has 10 heteroatoms. The van der Waals surface area contributed by atoms with Gasteiger partial charge in [0.15, 0.2) is 22.7 Å². The van der Waals surface area contributed by atoms with Crippen LogP contribution in [0.25, 0.3) is 21.9 Å². The van der Waals surface area contributed by atoms with Gasteiger partial charge in [0.2, 0.25) is 5.43 Å². The van der Waals surface area contributed by atoms with Gasteiger partial charge in [-0.2, -0.15) is 0 Å². The van der Waals surface area contributed by atoms with Crippen molar-refractivity contribution in [2.75, 3.05) is 34.5 Å². The van der Waals surface area contributed by atoms with E-state index in [2.05, 4.69) is 0 Å². The summed E-state index contributed by atoms with van der Waals surface area (Å²) in [6.45, 7) is -1.19. The van der Waals surface area contributed by atoms with Crippen molar-refractivity contribution in [1.82, 2.24) is 0 Å².